The summed E-state index contributed by atoms with van der Waals surface area (Å²) in [4.78, 5) is 28.0. The van der Waals surface area contributed by atoms with Gasteiger partial charge in [0.2, 0.25) is 0 Å². The summed E-state index contributed by atoms with van der Waals surface area (Å²) in [6.45, 7) is 0.108. The van der Waals surface area contributed by atoms with Crippen LogP contribution in [0.5, 0.6) is 0 Å². The third-order valence-corrected chi connectivity index (χ3v) is 5.51. The zero-order valence-electron chi connectivity index (χ0n) is 15.9. The number of alkyl carbamates (subject to hydrolysis) is 1. The average Bonchev–Trinajstić information content (AvgIpc) is 3.07. The lowest BCUT2D eigenvalue weighted by Crippen LogP contribution is -2.43. The minimum absolute atomic E-state index is 0.0425. The second kappa shape index (κ2) is 8.55. The molecule has 7 heteroatoms. The van der Waals surface area contributed by atoms with E-state index in [-0.39, 0.29) is 18.9 Å². The Hall–Kier alpha value is -3.38. The van der Waals surface area contributed by atoms with Gasteiger partial charge in [-0.15, -0.1) is 0 Å². The molecular formula is C23H19ClN2O4. The van der Waals surface area contributed by atoms with Crippen molar-refractivity contribution in [1.29, 1.82) is 0 Å². The van der Waals surface area contributed by atoms with Crippen LogP contribution in [0.2, 0.25) is 5.02 Å². The first-order chi connectivity index (χ1) is 14.5. The van der Waals surface area contributed by atoms with Crippen molar-refractivity contribution in [2.24, 2.45) is 0 Å². The van der Waals surface area contributed by atoms with Gasteiger partial charge in [-0.1, -0.05) is 60.1 Å². The lowest BCUT2D eigenvalue weighted by Gasteiger charge is -2.17. The number of carboxylic acid groups (broad SMARTS) is 1. The Labute approximate surface area is 178 Å². The Bertz CT molecular complexity index is 1060. The molecule has 1 aromatic heterocycles. The van der Waals surface area contributed by atoms with E-state index in [9.17, 15) is 14.7 Å². The summed E-state index contributed by atoms with van der Waals surface area (Å²) in [6.07, 6.45) is 0.684. The first kappa shape index (κ1) is 19.9. The van der Waals surface area contributed by atoms with Crippen molar-refractivity contribution in [1.82, 2.24) is 10.3 Å². The van der Waals surface area contributed by atoms with Crippen LogP contribution >= 0.6 is 11.6 Å². The highest BCUT2D eigenvalue weighted by atomic mass is 35.5. The van der Waals surface area contributed by atoms with E-state index in [1.165, 1.54) is 6.20 Å². The molecule has 0 radical (unpaired) electrons. The quantitative estimate of drug-likeness (QED) is 0.619. The number of aromatic nitrogens is 1. The smallest absolute Gasteiger partial charge is 0.407 e. The number of nitrogens with zero attached hydrogens (tertiary/aromatic N) is 1. The molecule has 0 saturated carbocycles. The molecule has 1 unspecified atom stereocenters. The highest BCUT2D eigenvalue weighted by Crippen LogP contribution is 2.44. The molecule has 1 aliphatic rings. The van der Waals surface area contributed by atoms with Crippen molar-refractivity contribution in [3.8, 4) is 11.1 Å². The number of fused-ring (bicyclic) bond motifs is 3. The van der Waals surface area contributed by atoms with Crippen LogP contribution in [-0.4, -0.2) is 34.8 Å². The number of carboxylic acids is 1. The Balaban J connectivity index is 1.44. The van der Waals surface area contributed by atoms with Crippen LogP contribution in [0, 0.1) is 0 Å². The third kappa shape index (κ3) is 4.00. The van der Waals surface area contributed by atoms with E-state index in [1.54, 1.807) is 12.1 Å². The number of nitrogens with one attached hydrogen (secondary N) is 1. The van der Waals surface area contributed by atoms with Gasteiger partial charge in [0.05, 0.1) is 10.7 Å². The number of pyridine rings is 1. The van der Waals surface area contributed by atoms with Crippen LogP contribution in [0.15, 0.2) is 66.9 Å². The molecule has 0 fully saturated rings. The van der Waals surface area contributed by atoms with Gasteiger partial charge >= 0.3 is 12.1 Å². The number of carbonyl (C=O) groups is 2. The van der Waals surface area contributed by atoms with Gasteiger partial charge in [-0.2, -0.15) is 0 Å². The highest BCUT2D eigenvalue weighted by Gasteiger charge is 2.30. The number of carbonyl (C=O) groups excluding carboxylic acids is 1. The fourth-order valence-electron chi connectivity index (χ4n) is 3.74. The molecule has 0 bridgehead atoms. The Kier molecular flexibility index (Phi) is 5.68. The van der Waals surface area contributed by atoms with Gasteiger partial charge in [0.1, 0.15) is 12.6 Å². The average molecular weight is 423 g/mol. The van der Waals surface area contributed by atoms with Crippen LogP contribution in [0.4, 0.5) is 4.79 Å². The number of amides is 1. The molecule has 2 N–H and O–H groups in total. The van der Waals surface area contributed by atoms with E-state index >= 15 is 0 Å². The molecule has 4 rings (SSSR count). The summed E-state index contributed by atoms with van der Waals surface area (Å²) in [5.41, 5.74) is 4.80. The summed E-state index contributed by atoms with van der Waals surface area (Å²) < 4.78 is 5.42. The predicted octanol–water partition coefficient (Wildman–Crippen LogP) is 4.27. The van der Waals surface area contributed by atoms with Crippen molar-refractivity contribution in [3.63, 3.8) is 0 Å². The van der Waals surface area contributed by atoms with Crippen molar-refractivity contribution in [2.45, 2.75) is 18.4 Å². The number of hydrogen-bond acceptors (Lipinski definition) is 4. The number of ether oxygens (including phenoxy) is 1. The molecule has 1 atom stereocenters. The van der Waals surface area contributed by atoms with E-state index in [4.69, 9.17) is 16.3 Å². The minimum atomic E-state index is -1.20. The standard InChI is InChI=1S/C23H19ClN2O4/c24-19-10-5-11-25-20(19)12-21(22(27)28)26-23(29)30-13-18-16-8-3-1-6-14(16)15-7-2-4-9-17(15)18/h1-11,18,21H,12-13H2,(H,26,29)(H,27,28). The molecule has 0 saturated heterocycles. The SMILES string of the molecule is O=C(NC(Cc1ncccc1Cl)C(=O)O)OCC1c2ccccc2-c2ccccc21. The first-order valence-corrected chi connectivity index (χ1v) is 9.86. The number of aliphatic carboxylic acids is 1. The van der Waals surface area contributed by atoms with Crippen LogP contribution in [-0.2, 0) is 16.0 Å². The number of halogens is 1. The van der Waals surface area contributed by atoms with Gasteiger partial charge in [0, 0.05) is 18.5 Å². The fraction of sp³-hybridized carbons (Fsp3) is 0.174. The van der Waals surface area contributed by atoms with Crippen molar-refractivity contribution in [3.05, 3.63) is 88.7 Å². The molecule has 1 amide bonds. The number of benzene rings is 2. The molecule has 30 heavy (non-hydrogen) atoms. The highest BCUT2D eigenvalue weighted by molar-refractivity contribution is 6.31. The van der Waals surface area contributed by atoms with Crippen LogP contribution in [0.1, 0.15) is 22.7 Å². The maximum atomic E-state index is 12.4. The minimum Gasteiger partial charge on any atom is -0.480 e. The Morgan fingerprint density at radius 2 is 1.67 bits per heavy atom. The third-order valence-electron chi connectivity index (χ3n) is 5.17. The van der Waals surface area contributed by atoms with E-state index in [0.717, 1.165) is 22.3 Å². The summed E-state index contributed by atoms with van der Waals surface area (Å²) in [5.74, 6) is -1.29. The molecular weight excluding hydrogens is 404 g/mol. The van der Waals surface area contributed by atoms with E-state index in [2.05, 4.69) is 10.3 Å². The molecule has 0 aliphatic heterocycles. The van der Waals surface area contributed by atoms with Gasteiger partial charge in [-0.3, -0.25) is 4.98 Å². The fourth-order valence-corrected chi connectivity index (χ4v) is 3.94. The largest absolute Gasteiger partial charge is 0.480 e. The Morgan fingerprint density at radius 1 is 1.03 bits per heavy atom. The summed E-state index contributed by atoms with van der Waals surface area (Å²) >= 11 is 6.05. The van der Waals surface area contributed by atoms with Gasteiger partial charge in [-0.05, 0) is 34.4 Å². The predicted molar refractivity (Wildman–Crippen MR) is 113 cm³/mol. The normalized spacial score (nSPS) is 13.2. The van der Waals surface area contributed by atoms with Gasteiger partial charge in [0.15, 0.2) is 0 Å². The van der Waals surface area contributed by atoms with Crippen LogP contribution in [0.25, 0.3) is 11.1 Å². The molecule has 2 aromatic carbocycles. The molecule has 152 valence electrons. The number of rotatable bonds is 6. The molecule has 6 nitrogen and oxygen atoms in total. The summed E-state index contributed by atoms with van der Waals surface area (Å²) in [5, 5.41) is 12.2. The Morgan fingerprint density at radius 3 is 2.27 bits per heavy atom. The zero-order valence-corrected chi connectivity index (χ0v) is 16.7. The van der Waals surface area contributed by atoms with Crippen LogP contribution < -0.4 is 5.32 Å². The van der Waals surface area contributed by atoms with Crippen molar-refractivity contribution >= 4 is 23.7 Å². The first-order valence-electron chi connectivity index (χ1n) is 9.48. The van der Waals surface area contributed by atoms with Crippen LogP contribution in [0.3, 0.4) is 0 Å². The maximum Gasteiger partial charge on any atom is 0.407 e. The second-order valence-corrected chi connectivity index (χ2v) is 7.40. The van der Waals surface area contributed by atoms with E-state index in [0.29, 0.717) is 10.7 Å². The maximum absolute atomic E-state index is 12.4. The van der Waals surface area contributed by atoms with E-state index in [1.807, 2.05) is 48.5 Å². The molecule has 1 aliphatic carbocycles. The summed E-state index contributed by atoms with van der Waals surface area (Å²) in [6, 6.07) is 18.1. The zero-order chi connectivity index (χ0) is 21.1. The van der Waals surface area contributed by atoms with Gasteiger partial charge in [-0.25, -0.2) is 9.59 Å². The van der Waals surface area contributed by atoms with Gasteiger partial charge in [0.25, 0.3) is 0 Å². The topological polar surface area (TPSA) is 88.5 Å². The molecule has 3 aromatic rings. The number of hydrogen-bond donors (Lipinski definition) is 2. The van der Waals surface area contributed by atoms with Crippen molar-refractivity contribution < 1.29 is 19.4 Å². The monoisotopic (exact) mass is 422 g/mol. The van der Waals surface area contributed by atoms with E-state index < -0.39 is 18.1 Å². The molecule has 0 spiro atoms. The van der Waals surface area contributed by atoms with Crippen molar-refractivity contribution in [2.75, 3.05) is 6.61 Å². The second-order valence-electron chi connectivity index (χ2n) is 7.00. The lowest BCUT2D eigenvalue weighted by molar-refractivity contribution is -0.139. The lowest BCUT2D eigenvalue weighted by atomic mass is 9.98. The molecule has 1 heterocycles. The van der Waals surface area contributed by atoms with Gasteiger partial charge < -0.3 is 15.2 Å². The summed E-state index contributed by atoms with van der Waals surface area (Å²) in [7, 11) is 0.